The highest BCUT2D eigenvalue weighted by Gasteiger charge is 2.16. The van der Waals surface area contributed by atoms with Gasteiger partial charge in [-0.1, -0.05) is 0 Å². The normalized spacial score (nSPS) is 11.3. The number of nitrogens with one attached hydrogen (secondary N) is 2. The number of sulfonamides is 1. The molecule has 0 heterocycles. The second-order valence-electron chi connectivity index (χ2n) is 5.45. The second-order valence-corrected chi connectivity index (χ2v) is 7.17. The largest absolute Gasteiger partial charge is 0.491 e. The van der Waals surface area contributed by atoms with Gasteiger partial charge in [-0.15, -0.1) is 0 Å². The monoisotopic (exact) mass is 358 g/mol. The summed E-state index contributed by atoms with van der Waals surface area (Å²) in [5, 5.41) is 2.56. The first kappa shape index (κ1) is 20.2. The van der Waals surface area contributed by atoms with E-state index in [1.54, 1.807) is 24.3 Å². The summed E-state index contributed by atoms with van der Waals surface area (Å²) in [7, 11) is -3.75. The molecule has 1 aromatic carbocycles. The van der Waals surface area contributed by atoms with Crippen LogP contribution in [0.15, 0.2) is 24.3 Å². The number of hydrogen-bond acceptors (Lipinski definition) is 5. The Morgan fingerprint density at radius 1 is 1.21 bits per heavy atom. The highest BCUT2D eigenvalue weighted by molar-refractivity contribution is 7.93. The molecule has 0 aliphatic heterocycles. The number of ether oxygens (including phenoxy) is 2. The summed E-state index contributed by atoms with van der Waals surface area (Å²) in [6.07, 6.45) is 0.684. The van der Waals surface area contributed by atoms with Gasteiger partial charge < -0.3 is 14.8 Å². The van der Waals surface area contributed by atoms with Crippen molar-refractivity contribution in [3.63, 3.8) is 0 Å². The fraction of sp³-hybridized carbons (Fsp3) is 0.562. The predicted octanol–water partition coefficient (Wildman–Crippen LogP) is 1.76. The molecule has 0 bridgehead atoms. The molecule has 24 heavy (non-hydrogen) atoms. The van der Waals surface area contributed by atoms with Gasteiger partial charge in [0.1, 0.15) is 11.5 Å². The van der Waals surface area contributed by atoms with Gasteiger partial charge in [-0.05, 0) is 51.5 Å². The SMILES string of the molecule is CCOCCCNC(=O)CS(=O)(=O)Nc1ccc(OC(C)C)cc1. The van der Waals surface area contributed by atoms with Crippen LogP contribution in [0.2, 0.25) is 0 Å². The Labute approximate surface area is 143 Å². The minimum atomic E-state index is -3.75. The summed E-state index contributed by atoms with van der Waals surface area (Å²) >= 11 is 0. The smallest absolute Gasteiger partial charge is 0.241 e. The minimum absolute atomic E-state index is 0.0407. The van der Waals surface area contributed by atoms with Gasteiger partial charge in [-0.3, -0.25) is 9.52 Å². The summed E-state index contributed by atoms with van der Waals surface area (Å²) in [5.41, 5.74) is 0.384. The summed E-state index contributed by atoms with van der Waals surface area (Å²) in [6.45, 7) is 7.24. The molecule has 0 unspecified atom stereocenters. The average Bonchev–Trinajstić information content (AvgIpc) is 2.47. The van der Waals surface area contributed by atoms with E-state index in [1.807, 2.05) is 20.8 Å². The zero-order valence-electron chi connectivity index (χ0n) is 14.4. The Morgan fingerprint density at radius 2 is 1.88 bits per heavy atom. The van der Waals surface area contributed by atoms with Crippen molar-refractivity contribution < 1.29 is 22.7 Å². The van der Waals surface area contributed by atoms with Crippen molar-refractivity contribution in [2.24, 2.45) is 0 Å². The van der Waals surface area contributed by atoms with E-state index < -0.39 is 21.7 Å². The first-order valence-electron chi connectivity index (χ1n) is 7.94. The zero-order chi connectivity index (χ0) is 18.0. The first-order valence-corrected chi connectivity index (χ1v) is 9.59. The molecule has 1 rings (SSSR count). The molecule has 7 nitrogen and oxygen atoms in total. The Hall–Kier alpha value is -1.80. The van der Waals surface area contributed by atoms with Crippen molar-refractivity contribution in [3.8, 4) is 5.75 Å². The van der Waals surface area contributed by atoms with Crippen molar-refractivity contribution in [1.82, 2.24) is 5.32 Å². The molecule has 0 atom stereocenters. The molecule has 1 aromatic rings. The van der Waals surface area contributed by atoms with E-state index in [-0.39, 0.29) is 6.10 Å². The van der Waals surface area contributed by atoms with Crippen molar-refractivity contribution in [2.75, 3.05) is 30.2 Å². The molecular weight excluding hydrogens is 332 g/mol. The van der Waals surface area contributed by atoms with Gasteiger partial charge in [0.25, 0.3) is 0 Å². The maximum Gasteiger partial charge on any atom is 0.241 e. The lowest BCUT2D eigenvalue weighted by molar-refractivity contribution is -0.118. The van der Waals surface area contributed by atoms with E-state index in [1.165, 1.54) is 0 Å². The number of rotatable bonds is 11. The predicted molar refractivity (Wildman–Crippen MR) is 93.7 cm³/mol. The van der Waals surface area contributed by atoms with Crippen molar-refractivity contribution in [2.45, 2.75) is 33.3 Å². The molecule has 136 valence electrons. The lowest BCUT2D eigenvalue weighted by Gasteiger charge is -2.11. The topological polar surface area (TPSA) is 93.7 Å². The summed E-state index contributed by atoms with van der Waals surface area (Å²) < 4.78 is 37.0. The van der Waals surface area contributed by atoms with Crippen LogP contribution in [0.4, 0.5) is 5.69 Å². The van der Waals surface area contributed by atoms with Crippen molar-refractivity contribution in [3.05, 3.63) is 24.3 Å². The Balaban J connectivity index is 2.43. The van der Waals surface area contributed by atoms with E-state index >= 15 is 0 Å². The standard InChI is InChI=1S/C16H26N2O5S/c1-4-22-11-5-10-17-16(19)12-24(20,21)18-14-6-8-15(9-7-14)23-13(2)3/h6-9,13,18H,4-5,10-12H2,1-3H3,(H,17,19). The van der Waals surface area contributed by atoms with Gasteiger partial charge in [-0.2, -0.15) is 0 Å². The third-order valence-electron chi connectivity index (χ3n) is 2.81. The molecule has 0 radical (unpaired) electrons. The van der Waals surface area contributed by atoms with Crippen molar-refractivity contribution >= 4 is 21.6 Å². The van der Waals surface area contributed by atoms with Crippen LogP contribution >= 0.6 is 0 Å². The average molecular weight is 358 g/mol. The number of anilines is 1. The molecule has 0 aliphatic carbocycles. The van der Waals surface area contributed by atoms with Crippen LogP contribution in [0, 0.1) is 0 Å². The number of carbonyl (C=O) groups is 1. The fourth-order valence-electron chi connectivity index (χ4n) is 1.86. The Bertz CT molecular complexity index is 599. The van der Waals surface area contributed by atoms with E-state index in [0.29, 0.717) is 37.6 Å². The minimum Gasteiger partial charge on any atom is -0.491 e. The van der Waals surface area contributed by atoms with Crippen LogP contribution in [0.25, 0.3) is 0 Å². The molecule has 8 heteroatoms. The highest BCUT2D eigenvalue weighted by Crippen LogP contribution is 2.17. The van der Waals surface area contributed by atoms with Crippen molar-refractivity contribution in [1.29, 1.82) is 0 Å². The maximum absolute atomic E-state index is 12.0. The molecular formula is C16H26N2O5S. The highest BCUT2D eigenvalue weighted by atomic mass is 32.2. The van der Waals surface area contributed by atoms with Gasteiger partial charge in [0, 0.05) is 25.4 Å². The van der Waals surface area contributed by atoms with Gasteiger partial charge in [-0.25, -0.2) is 8.42 Å². The summed E-state index contributed by atoms with van der Waals surface area (Å²) in [4.78, 5) is 11.7. The van der Waals surface area contributed by atoms with E-state index in [2.05, 4.69) is 10.0 Å². The quantitative estimate of drug-likeness (QED) is 0.588. The number of benzene rings is 1. The maximum atomic E-state index is 12.0. The third kappa shape index (κ3) is 8.73. The third-order valence-corrected chi connectivity index (χ3v) is 4.00. The summed E-state index contributed by atoms with van der Waals surface area (Å²) in [5.74, 6) is -0.509. The van der Waals surface area contributed by atoms with Gasteiger partial charge in [0.15, 0.2) is 0 Å². The Kier molecular flexibility index (Phi) is 8.56. The lowest BCUT2D eigenvalue weighted by atomic mass is 10.3. The first-order chi connectivity index (χ1) is 11.3. The second kappa shape index (κ2) is 10.1. The zero-order valence-corrected chi connectivity index (χ0v) is 15.2. The van der Waals surface area contributed by atoms with E-state index in [4.69, 9.17) is 9.47 Å². The molecule has 0 spiro atoms. The van der Waals surface area contributed by atoms with Gasteiger partial charge >= 0.3 is 0 Å². The van der Waals surface area contributed by atoms with Crippen LogP contribution in [0.3, 0.4) is 0 Å². The van der Waals surface area contributed by atoms with Crippen LogP contribution in [-0.2, 0) is 19.6 Å². The molecule has 0 saturated heterocycles. The Morgan fingerprint density at radius 3 is 2.46 bits per heavy atom. The summed E-state index contributed by atoms with van der Waals surface area (Å²) in [6, 6.07) is 6.53. The van der Waals surface area contributed by atoms with Crippen LogP contribution < -0.4 is 14.8 Å². The van der Waals surface area contributed by atoms with Crippen LogP contribution in [-0.4, -0.2) is 45.9 Å². The van der Waals surface area contributed by atoms with E-state index in [0.717, 1.165) is 0 Å². The molecule has 0 fully saturated rings. The molecule has 2 N–H and O–H groups in total. The van der Waals surface area contributed by atoms with Gasteiger partial charge in [0.05, 0.1) is 6.10 Å². The van der Waals surface area contributed by atoms with Gasteiger partial charge in [0.2, 0.25) is 15.9 Å². The number of carbonyl (C=O) groups excluding carboxylic acids is 1. The molecule has 1 amide bonds. The van der Waals surface area contributed by atoms with E-state index in [9.17, 15) is 13.2 Å². The fourth-order valence-corrected chi connectivity index (χ4v) is 2.87. The number of amides is 1. The van der Waals surface area contributed by atoms with Crippen LogP contribution in [0.1, 0.15) is 27.2 Å². The van der Waals surface area contributed by atoms with Crippen LogP contribution in [0.5, 0.6) is 5.75 Å². The lowest BCUT2D eigenvalue weighted by Crippen LogP contribution is -2.33. The molecule has 0 aliphatic rings. The number of hydrogen-bond donors (Lipinski definition) is 2. The molecule has 0 saturated carbocycles. The molecule has 0 aromatic heterocycles.